The Morgan fingerprint density at radius 2 is 1.30 bits per heavy atom. The molecule has 0 heterocycles. The summed E-state index contributed by atoms with van der Waals surface area (Å²) in [7, 11) is -3.69. The second kappa shape index (κ2) is 11.3. The number of aryl methyl sites for hydroxylation is 2. The van der Waals surface area contributed by atoms with E-state index in [0.29, 0.717) is 12.5 Å². The maximum absolute atomic E-state index is 14.3. The van der Waals surface area contributed by atoms with E-state index < -0.39 is 58.0 Å². The fourth-order valence-corrected chi connectivity index (χ4v) is 5.93. The summed E-state index contributed by atoms with van der Waals surface area (Å²) in [6, 6.07) is 7.75. The van der Waals surface area contributed by atoms with Crippen molar-refractivity contribution in [2.75, 3.05) is 21.3 Å². The van der Waals surface area contributed by atoms with Crippen LogP contribution in [0, 0.1) is 23.3 Å². The summed E-state index contributed by atoms with van der Waals surface area (Å²) in [6.45, 7) is 0. The largest absolute Gasteiger partial charge is 0.500 e. The summed E-state index contributed by atoms with van der Waals surface area (Å²) in [5.41, 5.74) is 0.566. The zero-order valence-electron chi connectivity index (χ0n) is 18.0. The quantitative estimate of drug-likeness (QED) is 0.147. The lowest BCUT2D eigenvalue weighted by molar-refractivity contribution is 0.123. The highest BCUT2D eigenvalue weighted by Crippen LogP contribution is 2.36. The van der Waals surface area contributed by atoms with Crippen LogP contribution in [0.5, 0.6) is 0 Å². The minimum absolute atomic E-state index is 0.105. The number of halogens is 5. The molecule has 0 saturated heterocycles. The van der Waals surface area contributed by atoms with Crippen LogP contribution in [0.1, 0.15) is 28.5 Å². The summed E-state index contributed by atoms with van der Waals surface area (Å²) >= 11 is 5.99. The molecule has 0 radical (unpaired) electrons. The molecule has 1 unspecified atom stereocenters. The smallest absolute Gasteiger partial charge is 0.377 e. The van der Waals surface area contributed by atoms with Gasteiger partial charge in [0.05, 0.1) is 5.38 Å². The summed E-state index contributed by atoms with van der Waals surface area (Å²) in [5.74, 6) is -8.41. The predicted molar refractivity (Wildman–Crippen MR) is 115 cm³/mol. The van der Waals surface area contributed by atoms with Crippen molar-refractivity contribution in [3.8, 4) is 0 Å². The molecule has 0 aliphatic heterocycles. The zero-order chi connectivity index (χ0) is 25.0. The first-order chi connectivity index (χ1) is 15.4. The second-order valence-electron chi connectivity index (χ2n) is 7.09. The average molecular weight is 531 g/mol. The molecule has 0 fully saturated rings. The highest BCUT2D eigenvalue weighted by atomic mass is 35.5. The van der Waals surface area contributed by atoms with Gasteiger partial charge in [-0.3, -0.25) is 4.55 Å². The van der Waals surface area contributed by atoms with Crippen LogP contribution in [0.15, 0.2) is 29.2 Å². The van der Waals surface area contributed by atoms with Gasteiger partial charge in [0.25, 0.3) is 0 Å². The predicted octanol–water partition coefficient (Wildman–Crippen LogP) is 4.82. The summed E-state index contributed by atoms with van der Waals surface area (Å²) in [6.07, 6.45) is 0.727. The molecule has 0 spiro atoms. The molecule has 0 bridgehead atoms. The Morgan fingerprint density at radius 3 is 1.70 bits per heavy atom. The second-order valence-corrected chi connectivity index (χ2v) is 12.1. The van der Waals surface area contributed by atoms with Crippen LogP contribution in [-0.2, 0) is 36.2 Å². The Morgan fingerprint density at radius 1 is 0.879 bits per heavy atom. The molecule has 0 aromatic heterocycles. The Kier molecular flexibility index (Phi) is 9.45. The minimum Gasteiger partial charge on any atom is -0.377 e. The van der Waals surface area contributed by atoms with E-state index in [0.717, 1.165) is 11.1 Å². The van der Waals surface area contributed by atoms with Crippen LogP contribution < -0.4 is 0 Å². The Balaban J connectivity index is 2.12. The van der Waals surface area contributed by atoms with Crippen LogP contribution in [0.4, 0.5) is 17.6 Å². The Bertz CT molecular complexity index is 1040. The fraction of sp³-hybridized carbons (Fsp3) is 0.400. The first kappa shape index (κ1) is 27.7. The van der Waals surface area contributed by atoms with Crippen LogP contribution in [0.2, 0.25) is 6.04 Å². The third-order valence-corrected chi connectivity index (χ3v) is 9.23. The number of rotatable bonds is 11. The third-order valence-electron chi connectivity index (χ3n) is 5.19. The number of hydrogen-bond donors (Lipinski definition) is 1. The molecule has 0 aliphatic carbocycles. The van der Waals surface area contributed by atoms with E-state index in [9.17, 15) is 26.0 Å². The van der Waals surface area contributed by atoms with E-state index in [4.69, 9.17) is 29.4 Å². The monoisotopic (exact) mass is 530 g/mol. The molecule has 33 heavy (non-hydrogen) atoms. The molecular formula is C20H23ClF4O6SSi. The van der Waals surface area contributed by atoms with Crippen molar-refractivity contribution in [3.05, 3.63) is 64.2 Å². The van der Waals surface area contributed by atoms with Gasteiger partial charge in [-0.2, -0.15) is 8.42 Å². The van der Waals surface area contributed by atoms with Gasteiger partial charge in [-0.05, 0) is 30.4 Å². The van der Waals surface area contributed by atoms with Gasteiger partial charge in [0.2, 0.25) is 0 Å². The van der Waals surface area contributed by atoms with E-state index in [1.807, 2.05) is 12.1 Å². The van der Waals surface area contributed by atoms with E-state index in [2.05, 4.69) is 0 Å². The molecule has 1 N–H and O–H groups in total. The number of alkyl halides is 1. The van der Waals surface area contributed by atoms with E-state index in [1.165, 1.54) is 21.3 Å². The molecule has 184 valence electrons. The van der Waals surface area contributed by atoms with Crippen LogP contribution >= 0.6 is 11.6 Å². The molecule has 2 aromatic carbocycles. The van der Waals surface area contributed by atoms with Crippen molar-refractivity contribution < 1.29 is 43.8 Å². The Labute approximate surface area is 195 Å². The first-order valence-electron chi connectivity index (χ1n) is 9.61. The highest BCUT2D eigenvalue weighted by Gasteiger charge is 2.37. The van der Waals surface area contributed by atoms with Crippen LogP contribution in [-0.4, -0.2) is 43.1 Å². The third kappa shape index (κ3) is 6.32. The van der Waals surface area contributed by atoms with Crippen LogP contribution in [0.25, 0.3) is 0 Å². The fourth-order valence-electron chi connectivity index (χ4n) is 3.29. The van der Waals surface area contributed by atoms with Crippen molar-refractivity contribution in [3.63, 3.8) is 0 Å². The number of hydrogen-bond acceptors (Lipinski definition) is 5. The lowest BCUT2D eigenvalue weighted by atomic mass is 10.0. The van der Waals surface area contributed by atoms with Gasteiger partial charge in [-0.25, -0.2) is 17.6 Å². The molecule has 0 amide bonds. The molecule has 2 rings (SSSR count). The zero-order valence-corrected chi connectivity index (χ0v) is 20.6. The molecule has 13 heteroatoms. The number of benzene rings is 2. The maximum atomic E-state index is 14.3. The molecular weight excluding hydrogens is 508 g/mol. The molecule has 0 aliphatic rings. The van der Waals surface area contributed by atoms with Crippen molar-refractivity contribution in [2.45, 2.75) is 35.6 Å². The van der Waals surface area contributed by atoms with Gasteiger partial charge in [-0.15, -0.1) is 11.6 Å². The van der Waals surface area contributed by atoms with Crippen molar-refractivity contribution >= 4 is 30.5 Å². The molecule has 6 nitrogen and oxygen atoms in total. The van der Waals surface area contributed by atoms with E-state index in [1.54, 1.807) is 12.1 Å². The molecule has 1 atom stereocenters. The van der Waals surface area contributed by atoms with Gasteiger partial charge >= 0.3 is 18.9 Å². The molecule has 2 aromatic rings. The first-order valence-corrected chi connectivity index (χ1v) is 13.4. The van der Waals surface area contributed by atoms with Gasteiger partial charge in [0.15, 0.2) is 28.2 Å². The average Bonchev–Trinajstić information content (AvgIpc) is 2.78. The van der Waals surface area contributed by atoms with Gasteiger partial charge in [-0.1, -0.05) is 24.3 Å². The van der Waals surface area contributed by atoms with Crippen molar-refractivity contribution in [1.29, 1.82) is 0 Å². The summed E-state index contributed by atoms with van der Waals surface area (Å²) in [4.78, 5) is -2.09. The maximum Gasteiger partial charge on any atom is 0.500 e. The Hall–Kier alpha value is -1.54. The van der Waals surface area contributed by atoms with Crippen molar-refractivity contribution in [1.82, 2.24) is 0 Å². The topological polar surface area (TPSA) is 82.1 Å². The molecule has 0 saturated carbocycles. The SMILES string of the molecule is CO[Si](CCc1ccc(CCC(Cl)c2c(F)c(F)c(S(=O)(=O)O)c(F)c2F)cc1)(OC)OC. The normalized spacial score (nSPS) is 13.4. The van der Waals surface area contributed by atoms with Gasteiger partial charge < -0.3 is 13.3 Å². The summed E-state index contributed by atoms with van der Waals surface area (Å²) in [5, 5.41) is -1.50. The van der Waals surface area contributed by atoms with Crippen LogP contribution in [0.3, 0.4) is 0 Å². The van der Waals surface area contributed by atoms with Crippen molar-refractivity contribution in [2.24, 2.45) is 0 Å². The lowest BCUT2D eigenvalue weighted by Crippen LogP contribution is -2.43. The van der Waals surface area contributed by atoms with E-state index >= 15 is 0 Å². The van der Waals surface area contributed by atoms with E-state index in [-0.39, 0.29) is 12.8 Å². The lowest BCUT2D eigenvalue weighted by Gasteiger charge is -2.24. The van der Waals surface area contributed by atoms with Gasteiger partial charge in [0, 0.05) is 32.9 Å². The highest BCUT2D eigenvalue weighted by molar-refractivity contribution is 7.85. The van der Waals surface area contributed by atoms with Gasteiger partial charge in [0.1, 0.15) is 0 Å². The summed E-state index contributed by atoms with van der Waals surface area (Å²) < 4.78 is 104. The minimum atomic E-state index is -5.52. The standard InChI is InChI=1S/C20H23ClF4O6SSi/c1-29-33(30-2,31-3)11-10-13-6-4-12(5-7-13)8-9-14(21)15-16(22)18(24)20(32(26,27)28)19(25)17(15)23/h4-7,14H,8-11H2,1-3H3,(H,26,27,28).